The fourth-order valence-corrected chi connectivity index (χ4v) is 2.39. The van der Waals surface area contributed by atoms with E-state index >= 15 is 0 Å². The molecule has 1 heterocycles. The van der Waals surface area contributed by atoms with Gasteiger partial charge < -0.3 is 9.73 Å². The molecule has 2 atom stereocenters. The van der Waals surface area contributed by atoms with Gasteiger partial charge in [0.05, 0.1) is 6.04 Å². The fraction of sp³-hybridized carbons (Fsp3) is 0.636. The van der Waals surface area contributed by atoms with Crippen LogP contribution in [0.25, 0.3) is 0 Å². The number of halogens is 1. The first-order chi connectivity index (χ1) is 7.13. The molecule has 0 aliphatic heterocycles. The van der Waals surface area contributed by atoms with E-state index in [1.807, 2.05) is 23.9 Å². The first kappa shape index (κ1) is 13.1. The molecule has 0 aliphatic rings. The van der Waals surface area contributed by atoms with Crippen molar-refractivity contribution in [1.82, 2.24) is 5.32 Å². The lowest BCUT2D eigenvalue weighted by Gasteiger charge is -2.15. The summed E-state index contributed by atoms with van der Waals surface area (Å²) in [5, 5.41) is 3.47. The van der Waals surface area contributed by atoms with E-state index in [9.17, 15) is 0 Å². The zero-order chi connectivity index (χ0) is 11.3. The standard InChI is InChI=1S/C11H18BrNOS/c1-8(7-15-3)6-13-9(2)10-4-5-11(12)14-10/h4-5,8-9,13H,6-7H2,1-3H3. The zero-order valence-electron chi connectivity index (χ0n) is 9.42. The van der Waals surface area contributed by atoms with Gasteiger partial charge in [0.1, 0.15) is 5.76 Å². The monoisotopic (exact) mass is 291 g/mol. The third-order valence-electron chi connectivity index (χ3n) is 2.24. The summed E-state index contributed by atoms with van der Waals surface area (Å²) in [6, 6.07) is 4.21. The highest BCUT2D eigenvalue weighted by Gasteiger charge is 2.10. The first-order valence-electron chi connectivity index (χ1n) is 5.11. The van der Waals surface area contributed by atoms with Gasteiger partial charge in [-0.2, -0.15) is 11.8 Å². The Labute approximate surface area is 104 Å². The van der Waals surface area contributed by atoms with Crippen molar-refractivity contribution in [3.05, 3.63) is 22.6 Å². The normalized spacial score (nSPS) is 15.2. The molecule has 0 fully saturated rings. The summed E-state index contributed by atoms with van der Waals surface area (Å²) in [5.41, 5.74) is 0. The Morgan fingerprint density at radius 2 is 2.20 bits per heavy atom. The van der Waals surface area contributed by atoms with Crippen LogP contribution in [0.4, 0.5) is 0 Å². The summed E-state index contributed by atoms with van der Waals surface area (Å²) in [7, 11) is 0. The highest BCUT2D eigenvalue weighted by Crippen LogP contribution is 2.20. The van der Waals surface area contributed by atoms with Crippen molar-refractivity contribution in [1.29, 1.82) is 0 Å². The maximum atomic E-state index is 5.49. The Kier molecular flexibility index (Phi) is 5.79. The second-order valence-corrected chi connectivity index (χ2v) is 5.52. The molecular formula is C11H18BrNOS. The van der Waals surface area contributed by atoms with Gasteiger partial charge in [0.25, 0.3) is 0 Å². The zero-order valence-corrected chi connectivity index (χ0v) is 11.8. The molecule has 2 nitrogen and oxygen atoms in total. The van der Waals surface area contributed by atoms with Gasteiger partial charge in [-0.05, 0) is 59.5 Å². The van der Waals surface area contributed by atoms with Gasteiger partial charge >= 0.3 is 0 Å². The van der Waals surface area contributed by atoms with Crippen LogP contribution in [0, 0.1) is 5.92 Å². The lowest BCUT2D eigenvalue weighted by molar-refractivity contribution is 0.403. The quantitative estimate of drug-likeness (QED) is 0.865. The number of nitrogens with one attached hydrogen (secondary N) is 1. The predicted molar refractivity (Wildman–Crippen MR) is 70.4 cm³/mol. The minimum atomic E-state index is 0.278. The molecular weight excluding hydrogens is 274 g/mol. The molecule has 4 heteroatoms. The average molecular weight is 292 g/mol. The molecule has 0 aromatic carbocycles. The van der Waals surface area contributed by atoms with E-state index in [1.165, 1.54) is 5.75 Å². The van der Waals surface area contributed by atoms with Crippen LogP contribution in [-0.4, -0.2) is 18.6 Å². The van der Waals surface area contributed by atoms with Gasteiger partial charge in [0, 0.05) is 0 Å². The Balaban J connectivity index is 2.33. The Morgan fingerprint density at radius 1 is 1.47 bits per heavy atom. The summed E-state index contributed by atoms with van der Waals surface area (Å²) < 4.78 is 6.28. The van der Waals surface area contributed by atoms with Crippen molar-refractivity contribution in [2.75, 3.05) is 18.6 Å². The number of thioether (sulfide) groups is 1. The van der Waals surface area contributed by atoms with E-state index in [0.29, 0.717) is 5.92 Å². The van der Waals surface area contributed by atoms with E-state index in [4.69, 9.17) is 4.42 Å². The smallest absolute Gasteiger partial charge is 0.169 e. The summed E-state index contributed by atoms with van der Waals surface area (Å²) in [5.74, 6) is 2.88. The maximum absolute atomic E-state index is 5.49. The highest BCUT2D eigenvalue weighted by molar-refractivity contribution is 9.10. The van der Waals surface area contributed by atoms with E-state index in [0.717, 1.165) is 17.0 Å². The van der Waals surface area contributed by atoms with Gasteiger partial charge in [0.15, 0.2) is 4.67 Å². The minimum Gasteiger partial charge on any atom is -0.453 e. The van der Waals surface area contributed by atoms with Crippen LogP contribution in [0.2, 0.25) is 0 Å². The number of furan rings is 1. The van der Waals surface area contributed by atoms with E-state index in [-0.39, 0.29) is 6.04 Å². The predicted octanol–water partition coefficient (Wildman–Crippen LogP) is 3.69. The number of rotatable bonds is 6. The van der Waals surface area contributed by atoms with Crippen LogP contribution in [0.1, 0.15) is 25.6 Å². The summed E-state index contributed by atoms with van der Waals surface area (Å²) in [6.45, 7) is 5.41. The van der Waals surface area contributed by atoms with Crippen LogP contribution in [0.15, 0.2) is 21.2 Å². The summed E-state index contributed by atoms with van der Waals surface area (Å²) in [6.07, 6.45) is 2.14. The van der Waals surface area contributed by atoms with Gasteiger partial charge in [-0.15, -0.1) is 0 Å². The molecule has 0 amide bonds. The fourth-order valence-electron chi connectivity index (χ4n) is 1.38. The number of hydrogen-bond acceptors (Lipinski definition) is 3. The molecule has 0 aliphatic carbocycles. The molecule has 1 aromatic rings. The molecule has 0 saturated carbocycles. The van der Waals surface area contributed by atoms with Gasteiger partial charge in [-0.3, -0.25) is 0 Å². The molecule has 1 aromatic heterocycles. The summed E-state index contributed by atoms with van der Waals surface area (Å²) >= 11 is 5.20. The topological polar surface area (TPSA) is 25.2 Å². The van der Waals surface area contributed by atoms with Gasteiger partial charge in [0.2, 0.25) is 0 Å². The van der Waals surface area contributed by atoms with Crippen LogP contribution >= 0.6 is 27.7 Å². The van der Waals surface area contributed by atoms with Crippen molar-refractivity contribution >= 4 is 27.7 Å². The molecule has 86 valence electrons. The molecule has 2 unspecified atom stereocenters. The third-order valence-corrected chi connectivity index (χ3v) is 3.57. The summed E-state index contributed by atoms with van der Waals surface area (Å²) in [4.78, 5) is 0. The van der Waals surface area contributed by atoms with Gasteiger partial charge in [-0.1, -0.05) is 6.92 Å². The van der Waals surface area contributed by atoms with Crippen LogP contribution < -0.4 is 5.32 Å². The molecule has 0 bridgehead atoms. The van der Waals surface area contributed by atoms with Crippen LogP contribution in [0.5, 0.6) is 0 Å². The van der Waals surface area contributed by atoms with Crippen molar-refractivity contribution in [3.63, 3.8) is 0 Å². The van der Waals surface area contributed by atoms with Crippen LogP contribution in [-0.2, 0) is 0 Å². The largest absolute Gasteiger partial charge is 0.453 e. The SMILES string of the molecule is CSCC(C)CNC(C)c1ccc(Br)o1. The van der Waals surface area contributed by atoms with Crippen molar-refractivity contribution in [2.24, 2.45) is 5.92 Å². The van der Waals surface area contributed by atoms with E-state index < -0.39 is 0 Å². The second-order valence-electron chi connectivity index (χ2n) is 3.83. The van der Waals surface area contributed by atoms with Gasteiger partial charge in [-0.25, -0.2) is 0 Å². The highest BCUT2D eigenvalue weighted by atomic mass is 79.9. The molecule has 15 heavy (non-hydrogen) atoms. The van der Waals surface area contributed by atoms with Crippen molar-refractivity contribution < 1.29 is 4.42 Å². The third kappa shape index (κ3) is 4.62. The lowest BCUT2D eigenvalue weighted by Crippen LogP contribution is -2.25. The first-order valence-corrected chi connectivity index (χ1v) is 7.29. The molecule has 1 rings (SSSR count). The van der Waals surface area contributed by atoms with Crippen molar-refractivity contribution in [3.8, 4) is 0 Å². The maximum Gasteiger partial charge on any atom is 0.169 e. The van der Waals surface area contributed by atoms with Crippen LogP contribution in [0.3, 0.4) is 0 Å². The molecule has 0 spiro atoms. The Hall–Kier alpha value is 0.0700. The Morgan fingerprint density at radius 3 is 2.73 bits per heavy atom. The second kappa shape index (κ2) is 6.61. The molecule has 1 N–H and O–H groups in total. The molecule has 0 radical (unpaired) electrons. The molecule has 0 saturated heterocycles. The average Bonchev–Trinajstić information content (AvgIpc) is 2.62. The number of hydrogen-bond donors (Lipinski definition) is 1. The Bertz CT molecular complexity index is 290. The lowest BCUT2D eigenvalue weighted by atomic mass is 10.2. The van der Waals surface area contributed by atoms with E-state index in [1.54, 1.807) is 0 Å². The van der Waals surface area contributed by atoms with Crippen molar-refractivity contribution in [2.45, 2.75) is 19.9 Å². The minimum absolute atomic E-state index is 0.278. The van der Waals surface area contributed by atoms with E-state index in [2.05, 4.69) is 41.3 Å².